The summed E-state index contributed by atoms with van der Waals surface area (Å²) < 4.78 is 0. The first-order valence-corrected chi connectivity index (χ1v) is 7.08. The van der Waals surface area contributed by atoms with Gasteiger partial charge in [0.05, 0.1) is 17.7 Å². The van der Waals surface area contributed by atoms with Crippen molar-refractivity contribution < 1.29 is 9.90 Å². The summed E-state index contributed by atoms with van der Waals surface area (Å²) in [7, 11) is 0. The van der Waals surface area contributed by atoms with E-state index in [-0.39, 0.29) is 11.9 Å². The van der Waals surface area contributed by atoms with Crippen LogP contribution in [0.25, 0.3) is 10.9 Å². The van der Waals surface area contributed by atoms with Gasteiger partial charge in [0.2, 0.25) is 0 Å². The number of carbonyl (C=O) groups excluding carboxylic acids is 1. The van der Waals surface area contributed by atoms with Gasteiger partial charge < -0.3 is 10.4 Å². The van der Waals surface area contributed by atoms with Gasteiger partial charge in [0.25, 0.3) is 5.91 Å². The van der Waals surface area contributed by atoms with Gasteiger partial charge in [0.1, 0.15) is 0 Å². The Balaban J connectivity index is 1.85. The summed E-state index contributed by atoms with van der Waals surface area (Å²) in [6.07, 6.45) is 4.98. The molecule has 1 aliphatic rings. The van der Waals surface area contributed by atoms with Crippen molar-refractivity contribution >= 4 is 16.8 Å². The van der Waals surface area contributed by atoms with Crippen LogP contribution in [0.3, 0.4) is 0 Å². The van der Waals surface area contributed by atoms with E-state index in [1.54, 1.807) is 12.3 Å². The number of amides is 1. The number of fused-ring (bicyclic) bond motifs is 1. The van der Waals surface area contributed by atoms with E-state index in [0.717, 1.165) is 36.6 Å². The minimum atomic E-state index is -0.430. The third kappa shape index (κ3) is 2.51. The molecule has 2 unspecified atom stereocenters. The highest BCUT2D eigenvalue weighted by Crippen LogP contribution is 2.20. The number of pyridine rings is 1. The Kier molecular flexibility index (Phi) is 3.65. The topological polar surface area (TPSA) is 62.2 Å². The molecule has 104 valence electrons. The van der Waals surface area contributed by atoms with Crippen LogP contribution >= 0.6 is 0 Å². The number of nitrogens with zero attached hydrogens (tertiary/aromatic N) is 1. The van der Waals surface area contributed by atoms with Gasteiger partial charge in [-0.3, -0.25) is 9.78 Å². The van der Waals surface area contributed by atoms with E-state index in [1.165, 1.54) is 0 Å². The van der Waals surface area contributed by atoms with Crippen molar-refractivity contribution in [3.05, 3.63) is 42.1 Å². The average Bonchev–Trinajstić information content (AvgIpc) is 2.49. The molecule has 3 rings (SSSR count). The Bertz CT molecular complexity index is 621. The van der Waals surface area contributed by atoms with Crippen LogP contribution in [0, 0.1) is 0 Å². The quantitative estimate of drug-likeness (QED) is 0.880. The minimum absolute atomic E-state index is 0.130. The predicted molar refractivity (Wildman–Crippen MR) is 77.5 cm³/mol. The van der Waals surface area contributed by atoms with Crippen LogP contribution in [0.4, 0.5) is 0 Å². The minimum Gasteiger partial charge on any atom is -0.391 e. The van der Waals surface area contributed by atoms with Crippen LogP contribution in [0.15, 0.2) is 36.5 Å². The van der Waals surface area contributed by atoms with E-state index in [0.29, 0.717) is 5.56 Å². The second-order valence-electron chi connectivity index (χ2n) is 5.31. The number of carbonyl (C=O) groups is 1. The molecule has 1 heterocycles. The SMILES string of the molecule is O=C(NC1CCCCC1O)c1cccc2ncccc12. The molecule has 1 saturated carbocycles. The number of hydrogen-bond donors (Lipinski definition) is 2. The normalized spacial score (nSPS) is 22.6. The lowest BCUT2D eigenvalue weighted by Gasteiger charge is -2.28. The summed E-state index contributed by atoms with van der Waals surface area (Å²) in [5, 5.41) is 13.8. The monoisotopic (exact) mass is 270 g/mol. The fourth-order valence-electron chi connectivity index (χ4n) is 2.83. The first-order chi connectivity index (χ1) is 9.75. The molecule has 0 aliphatic heterocycles. The van der Waals surface area contributed by atoms with Crippen molar-refractivity contribution in [3.8, 4) is 0 Å². The molecule has 0 spiro atoms. The number of benzene rings is 1. The number of aliphatic hydroxyl groups is 1. The maximum absolute atomic E-state index is 12.4. The van der Waals surface area contributed by atoms with Crippen molar-refractivity contribution in [1.82, 2.24) is 10.3 Å². The number of nitrogens with one attached hydrogen (secondary N) is 1. The van der Waals surface area contributed by atoms with Crippen LogP contribution in [-0.4, -0.2) is 28.1 Å². The van der Waals surface area contributed by atoms with Crippen molar-refractivity contribution in [3.63, 3.8) is 0 Å². The lowest BCUT2D eigenvalue weighted by atomic mass is 9.92. The number of hydrogen-bond acceptors (Lipinski definition) is 3. The van der Waals surface area contributed by atoms with Gasteiger partial charge in [-0.05, 0) is 31.0 Å². The fraction of sp³-hybridized carbons (Fsp3) is 0.375. The molecule has 1 aliphatic carbocycles. The average molecular weight is 270 g/mol. The molecule has 1 aromatic heterocycles. The van der Waals surface area contributed by atoms with Crippen molar-refractivity contribution in [1.29, 1.82) is 0 Å². The van der Waals surface area contributed by atoms with E-state index >= 15 is 0 Å². The van der Waals surface area contributed by atoms with Gasteiger partial charge >= 0.3 is 0 Å². The first-order valence-electron chi connectivity index (χ1n) is 7.08. The van der Waals surface area contributed by atoms with Crippen molar-refractivity contribution in [2.24, 2.45) is 0 Å². The highest BCUT2D eigenvalue weighted by molar-refractivity contribution is 6.06. The Labute approximate surface area is 117 Å². The third-order valence-electron chi connectivity index (χ3n) is 3.94. The summed E-state index contributed by atoms with van der Waals surface area (Å²) in [6, 6.07) is 9.11. The van der Waals surface area contributed by atoms with Gasteiger partial charge in [-0.25, -0.2) is 0 Å². The van der Waals surface area contributed by atoms with Crippen LogP contribution in [0.2, 0.25) is 0 Å². The Morgan fingerprint density at radius 1 is 1.20 bits per heavy atom. The Hall–Kier alpha value is -1.94. The fourth-order valence-corrected chi connectivity index (χ4v) is 2.83. The van der Waals surface area contributed by atoms with Crippen LogP contribution in [-0.2, 0) is 0 Å². The smallest absolute Gasteiger partial charge is 0.252 e. The molecule has 1 fully saturated rings. The van der Waals surface area contributed by atoms with E-state index in [9.17, 15) is 9.90 Å². The highest BCUT2D eigenvalue weighted by Gasteiger charge is 2.25. The molecular formula is C16H18N2O2. The molecule has 2 aromatic rings. The third-order valence-corrected chi connectivity index (χ3v) is 3.94. The van der Waals surface area contributed by atoms with E-state index < -0.39 is 6.10 Å². The highest BCUT2D eigenvalue weighted by atomic mass is 16.3. The lowest BCUT2D eigenvalue weighted by Crippen LogP contribution is -2.45. The molecule has 2 atom stereocenters. The molecule has 20 heavy (non-hydrogen) atoms. The van der Waals surface area contributed by atoms with Crippen molar-refractivity contribution in [2.75, 3.05) is 0 Å². The van der Waals surface area contributed by atoms with Gasteiger partial charge in [0.15, 0.2) is 0 Å². The molecule has 0 bridgehead atoms. The van der Waals surface area contributed by atoms with Gasteiger partial charge in [-0.15, -0.1) is 0 Å². The summed E-state index contributed by atoms with van der Waals surface area (Å²) in [5.74, 6) is -0.130. The Morgan fingerprint density at radius 3 is 2.90 bits per heavy atom. The lowest BCUT2D eigenvalue weighted by molar-refractivity contribution is 0.0718. The maximum atomic E-state index is 12.4. The molecule has 0 radical (unpaired) electrons. The standard InChI is InChI=1S/C16H18N2O2/c19-15-9-2-1-7-14(15)18-16(20)12-5-3-8-13-11(12)6-4-10-17-13/h3-6,8,10,14-15,19H,1-2,7,9H2,(H,18,20). The summed E-state index contributed by atoms with van der Waals surface area (Å²) in [5.41, 5.74) is 1.43. The Morgan fingerprint density at radius 2 is 2.05 bits per heavy atom. The molecule has 4 heteroatoms. The number of rotatable bonds is 2. The van der Waals surface area contributed by atoms with Crippen molar-refractivity contribution in [2.45, 2.75) is 37.8 Å². The second kappa shape index (κ2) is 5.59. The van der Waals surface area contributed by atoms with Crippen LogP contribution in [0.5, 0.6) is 0 Å². The maximum Gasteiger partial charge on any atom is 0.252 e. The molecule has 1 amide bonds. The van der Waals surface area contributed by atoms with Gasteiger partial charge in [-0.2, -0.15) is 0 Å². The zero-order chi connectivity index (χ0) is 13.9. The van der Waals surface area contributed by atoms with E-state index in [2.05, 4.69) is 10.3 Å². The van der Waals surface area contributed by atoms with Gasteiger partial charge in [0, 0.05) is 17.1 Å². The number of aromatic nitrogens is 1. The second-order valence-corrected chi connectivity index (χ2v) is 5.31. The van der Waals surface area contributed by atoms with E-state index in [4.69, 9.17) is 0 Å². The molecule has 4 nitrogen and oxygen atoms in total. The largest absolute Gasteiger partial charge is 0.391 e. The number of aliphatic hydroxyl groups excluding tert-OH is 1. The van der Waals surface area contributed by atoms with Crippen LogP contribution < -0.4 is 5.32 Å². The van der Waals surface area contributed by atoms with Gasteiger partial charge in [-0.1, -0.05) is 25.0 Å². The zero-order valence-corrected chi connectivity index (χ0v) is 11.2. The summed E-state index contributed by atoms with van der Waals surface area (Å²) in [4.78, 5) is 16.7. The van der Waals surface area contributed by atoms with E-state index in [1.807, 2.05) is 24.3 Å². The van der Waals surface area contributed by atoms with Crippen LogP contribution in [0.1, 0.15) is 36.0 Å². The molecule has 2 N–H and O–H groups in total. The zero-order valence-electron chi connectivity index (χ0n) is 11.2. The summed E-state index contributed by atoms with van der Waals surface area (Å²) in [6.45, 7) is 0. The summed E-state index contributed by atoms with van der Waals surface area (Å²) >= 11 is 0. The molecule has 1 aromatic carbocycles. The molecular weight excluding hydrogens is 252 g/mol. The predicted octanol–water partition coefficient (Wildman–Crippen LogP) is 2.27. The first kappa shape index (κ1) is 13.1. The molecule has 0 saturated heterocycles.